The quantitative estimate of drug-likeness (QED) is 0.859. The molecule has 0 spiro atoms. The second kappa shape index (κ2) is 4.54. The Morgan fingerprint density at radius 2 is 1.93 bits per heavy atom. The molecule has 0 amide bonds. The molecule has 2 aromatic rings. The molecule has 1 heterocycles. The predicted octanol–water partition coefficient (Wildman–Crippen LogP) is 4.18. The van der Waals surface area contributed by atoms with Gasteiger partial charge in [0.1, 0.15) is 0 Å². The van der Waals surface area contributed by atoms with E-state index >= 15 is 0 Å². The van der Waals surface area contributed by atoms with Crippen LogP contribution in [0.25, 0.3) is 10.4 Å². The van der Waals surface area contributed by atoms with Gasteiger partial charge in [-0.15, -0.1) is 11.3 Å². The summed E-state index contributed by atoms with van der Waals surface area (Å²) in [6, 6.07) is 9.49. The zero-order chi connectivity index (χ0) is 10.8. The third-order valence-corrected chi connectivity index (χ3v) is 3.76. The van der Waals surface area contributed by atoms with Crippen LogP contribution < -0.4 is 5.73 Å². The van der Waals surface area contributed by atoms with Crippen LogP contribution in [0.3, 0.4) is 0 Å². The minimum atomic E-state index is 0.558. The minimum Gasteiger partial charge on any atom is -0.326 e. The van der Waals surface area contributed by atoms with Gasteiger partial charge in [-0.05, 0) is 30.3 Å². The fraction of sp³-hybridized carbons (Fsp3) is 0.0909. The standard InChI is InChI=1S/C11H9Cl2NS/c12-7-1-3-10(13)9(5-7)11-4-2-8(6-14)15-11/h1-5H,6,14H2. The van der Waals surface area contributed by atoms with E-state index in [0.717, 1.165) is 15.3 Å². The Morgan fingerprint density at radius 1 is 1.13 bits per heavy atom. The monoisotopic (exact) mass is 257 g/mol. The Balaban J connectivity index is 2.48. The predicted molar refractivity (Wildman–Crippen MR) is 67.7 cm³/mol. The molecule has 1 aromatic carbocycles. The molecule has 0 fully saturated rings. The fourth-order valence-electron chi connectivity index (χ4n) is 1.32. The zero-order valence-corrected chi connectivity index (χ0v) is 10.2. The summed E-state index contributed by atoms with van der Waals surface area (Å²) in [5, 5.41) is 1.40. The number of thiophene rings is 1. The lowest BCUT2D eigenvalue weighted by Crippen LogP contribution is -1.90. The largest absolute Gasteiger partial charge is 0.326 e. The van der Waals surface area contributed by atoms with Crippen LogP contribution in [0.15, 0.2) is 30.3 Å². The maximum atomic E-state index is 6.10. The Labute approximate surface area is 102 Å². The van der Waals surface area contributed by atoms with Crippen LogP contribution in [0.1, 0.15) is 4.88 Å². The molecule has 0 saturated heterocycles. The molecule has 0 radical (unpaired) electrons. The minimum absolute atomic E-state index is 0.558. The van der Waals surface area contributed by atoms with E-state index in [1.807, 2.05) is 18.2 Å². The molecule has 0 aliphatic rings. The van der Waals surface area contributed by atoms with Crippen LogP contribution in [0, 0.1) is 0 Å². The summed E-state index contributed by atoms with van der Waals surface area (Å²) in [4.78, 5) is 2.24. The van der Waals surface area contributed by atoms with Crippen LogP contribution in [-0.2, 0) is 6.54 Å². The van der Waals surface area contributed by atoms with E-state index < -0.39 is 0 Å². The van der Waals surface area contributed by atoms with Crippen molar-refractivity contribution in [3.8, 4) is 10.4 Å². The van der Waals surface area contributed by atoms with Gasteiger partial charge in [0.15, 0.2) is 0 Å². The van der Waals surface area contributed by atoms with Crippen LogP contribution in [0.2, 0.25) is 10.0 Å². The molecule has 0 aliphatic carbocycles. The SMILES string of the molecule is NCc1ccc(-c2cc(Cl)ccc2Cl)s1. The van der Waals surface area contributed by atoms with E-state index in [-0.39, 0.29) is 0 Å². The second-order valence-corrected chi connectivity index (χ2v) is 5.11. The van der Waals surface area contributed by atoms with Crippen molar-refractivity contribution in [2.24, 2.45) is 5.73 Å². The van der Waals surface area contributed by atoms with Crippen molar-refractivity contribution in [3.05, 3.63) is 45.3 Å². The lowest BCUT2D eigenvalue weighted by molar-refractivity contribution is 1.11. The molecular formula is C11H9Cl2NS. The first-order chi connectivity index (χ1) is 7.20. The fourth-order valence-corrected chi connectivity index (χ4v) is 2.68. The van der Waals surface area contributed by atoms with Gasteiger partial charge in [0.2, 0.25) is 0 Å². The zero-order valence-electron chi connectivity index (χ0n) is 7.84. The molecular weight excluding hydrogens is 249 g/mol. The lowest BCUT2D eigenvalue weighted by atomic mass is 10.2. The van der Waals surface area contributed by atoms with E-state index in [2.05, 4.69) is 0 Å². The molecule has 0 bridgehead atoms. The molecule has 78 valence electrons. The number of hydrogen-bond acceptors (Lipinski definition) is 2. The number of hydrogen-bond donors (Lipinski definition) is 1. The van der Waals surface area contributed by atoms with Crippen LogP contribution in [0.4, 0.5) is 0 Å². The number of rotatable bonds is 2. The van der Waals surface area contributed by atoms with E-state index in [9.17, 15) is 0 Å². The van der Waals surface area contributed by atoms with Gasteiger partial charge >= 0.3 is 0 Å². The first-order valence-corrected chi connectivity index (χ1v) is 6.02. The van der Waals surface area contributed by atoms with Gasteiger partial charge in [-0.25, -0.2) is 0 Å². The van der Waals surface area contributed by atoms with Crippen molar-refractivity contribution >= 4 is 34.5 Å². The summed E-state index contributed by atoms with van der Waals surface area (Å²) in [6.45, 7) is 0.558. The van der Waals surface area contributed by atoms with Crippen molar-refractivity contribution in [3.63, 3.8) is 0 Å². The maximum absolute atomic E-state index is 6.10. The van der Waals surface area contributed by atoms with Gasteiger partial charge in [-0.1, -0.05) is 23.2 Å². The number of nitrogens with two attached hydrogens (primary N) is 1. The molecule has 2 rings (SSSR count). The molecule has 15 heavy (non-hydrogen) atoms. The Kier molecular flexibility index (Phi) is 3.32. The number of halogens is 2. The Hall–Kier alpha value is -0.540. The maximum Gasteiger partial charge on any atom is 0.0493 e. The smallest absolute Gasteiger partial charge is 0.0493 e. The summed E-state index contributed by atoms with van der Waals surface area (Å²) in [6.07, 6.45) is 0. The highest BCUT2D eigenvalue weighted by atomic mass is 35.5. The Morgan fingerprint density at radius 3 is 2.60 bits per heavy atom. The van der Waals surface area contributed by atoms with E-state index in [1.54, 1.807) is 23.5 Å². The summed E-state index contributed by atoms with van der Waals surface area (Å²) in [7, 11) is 0. The van der Waals surface area contributed by atoms with E-state index in [1.165, 1.54) is 0 Å². The third-order valence-electron chi connectivity index (χ3n) is 2.06. The van der Waals surface area contributed by atoms with Gasteiger partial charge in [0, 0.05) is 31.9 Å². The molecule has 0 atom stereocenters. The van der Waals surface area contributed by atoms with Gasteiger partial charge in [0.25, 0.3) is 0 Å². The van der Waals surface area contributed by atoms with Crippen molar-refractivity contribution < 1.29 is 0 Å². The molecule has 1 nitrogen and oxygen atoms in total. The average molecular weight is 258 g/mol. The summed E-state index contributed by atoms with van der Waals surface area (Å²) < 4.78 is 0. The first kappa shape index (κ1) is 11.0. The van der Waals surface area contributed by atoms with Crippen LogP contribution >= 0.6 is 34.5 Å². The highest BCUT2D eigenvalue weighted by Gasteiger charge is 2.06. The summed E-state index contributed by atoms with van der Waals surface area (Å²) in [5.74, 6) is 0. The van der Waals surface area contributed by atoms with E-state index in [4.69, 9.17) is 28.9 Å². The van der Waals surface area contributed by atoms with Gasteiger partial charge < -0.3 is 5.73 Å². The molecule has 4 heteroatoms. The highest BCUT2D eigenvalue weighted by Crippen LogP contribution is 2.34. The van der Waals surface area contributed by atoms with Crippen molar-refractivity contribution in [2.45, 2.75) is 6.54 Å². The topological polar surface area (TPSA) is 26.0 Å². The molecule has 2 N–H and O–H groups in total. The van der Waals surface area contributed by atoms with Crippen LogP contribution in [0.5, 0.6) is 0 Å². The van der Waals surface area contributed by atoms with Crippen LogP contribution in [-0.4, -0.2) is 0 Å². The van der Waals surface area contributed by atoms with E-state index in [0.29, 0.717) is 16.6 Å². The van der Waals surface area contributed by atoms with Gasteiger partial charge in [0.05, 0.1) is 0 Å². The highest BCUT2D eigenvalue weighted by molar-refractivity contribution is 7.15. The second-order valence-electron chi connectivity index (χ2n) is 3.09. The van der Waals surface area contributed by atoms with Gasteiger partial charge in [-0.3, -0.25) is 0 Å². The summed E-state index contributed by atoms with van der Waals surface area (Å²) in [5.41, 5.74) is 6.53. The molecule has 0 saturated carbocycles. The normalized spacial score (nSPS) is 10.6. The summed E-state index contributed by atoms with van der Waals surface area (Å²) >= 11 is 13.7. The van der Waals surface area contributed by atoms with Gasteiger partial charge in [-0.2, -0.15) is 0 Å². The average Bonchev–Trinajstić information content (AvgIpc) is 2.70. The molecule has 1 aromatic heterocycles. The first-order valence-electron chi connectivity index (χ1n) is 4.45. The van der Waals surface area contributed by atoms with Crippen molar-refractivity contribution in [1.82, 2.24) is 0 Å². The number of benzene rings is 1. The van der Waals surface area contributed by atoms with Crippen molar-refractivity contribution in [1.29, 1.82) is 0 Å². The van der Waals surface area contributed by atoms with Crippen molar-refractivity contribution in [2.75, 3.05) is 0 Å². The molecule has 0 aliphatic heterocycles. The molecule has 0 unspecified atom stereocenters. The lowest BCUT2D eigenvalue weighted by Gasteiger charge is -2.01. The Bertz CT molecular complexity index is 479. The third kappa shape index (κ3) is 2.34.